The van der Waals surface area contributed by atoms with Gasteiger partial charge in [0.2, 0.25) is 0 Å². The molecule has 0 saturated carbocycles. The Morgan fingerprint density at radius 2 is 1.53 bits per heavy atom. The fourth-order valence-corrected chi connectivity index (χ4v) is 3.93. The van der Waals surface area contributed by atoms with Crippen LogP contribution in [0.3, 0.4) is 0 Å². The lowest BCUT2D eigenvalue weighted by molar-refractivity contribution is 0.0977. The number of carbonyl (C=O) groups is 1. The van der Waals surface area contributed by atoms with Crippen LogP contribution < -0.4 is 20.1 Å². The first-order chi connectivity index (χ1) is 15.3. The number of rotatable bonds is 7. The standard InChI is InChI=1S/C22H20FN3O4S2/c1-2-30-19-11-7-18(8-12-19)26-32(28,29)20-13-9-17(10-14-20)24-22(31)25-21(27)15-3-5-16(23)6-4-15/h3-14,26H,2H2,1H3,(H2,24,25,27,31). The van der Waals surface area contributed by atoms with Crippen LogP contribution in [0.15, 0.2) is 77.7 Å². The van der Waals surface area contributed by atoms with Gasteiger partial charge in [0.05, 0.1) is 11.5 Å². The van der Waals surface area contributed by atoms with Crippen molar-refractivity contribution in [1.29, 1.82) is 0 Å². The van der Waals surface area contributed by atoms with Gasteiger partial charge in [0, 0.05) is 16.9 Å². The Labute approximate surface area is 190 Å². The Morgan fingerprint density at radius 1 is 0.938 bits per heavy atom. The normalized spacial score (nSPS) is 10.8. The molecule has 1 amide bonds. The van der Waals surface area contributed by atoms with E-state index < -0.39 is 21.7 Å². The predicted octanol–water partition coefficient (Wildman–Crippen LogP) is 4.15. The molecule has 3 aromatic carbocycles. The topological polar surface area (TPSA) is 96.5 Å². The summed E-state index contributed by atoms with van der Waals surface area (Å²) in [6.45, 7) is 2.38. The molecule has 0 bridgehead atoms. The van der Waals surface area contributed by atoms with Crippen molar-refractivity contribution >= 4 is 44.6 Å². The van der Waals surface area contributed by atoms with Crippen molar-refractivity contribution in [1.82, 2.24) is 5.32 Å². The fourth-order valence-electron chi connectivity index (χ4n) is 2.66. The third kappa shape index (κ3) is 6.25. The number of anilines is 2. The molecule has 0 spiro atoms. The Balaban J connectivity index is 1.60. The van der Waals surface area contributed by atoms with Gasteiger partial charge in [-0.2, -0.15) is 0 Å². The number of sulfonamides is 1. The highest BCUT2D eigenvalue weighted by atomic mass is 32.2. The van der Waals surface area contributed by atoms with Crippen molar-refractivity contribution in [2.75, 3.05) is 16.6 Å². The first-order valence-electron chi connectivity index (χ1n) is 9.50. The van der Waals surface area contributed by atoms with Crippen LogP contribution in [0.4, 0.5) is 15.8 Å². The molecule has 0 aliphatic heterocycles. The minimum atomic E-state index is -3.79. The monoisotopic (exact) mass is 473 g/mol. The number of benzene rings is 3. The summed E-state index contributed by atoms with van der Waals surface area (Å²) in [6.07, 6.45) is 0. The Kier molecular flexibility index (Phi) is 7.39. The average molecular weight is 474 g/mol. The van der Waals surface area contributed by atoms with Gasteiger partial charge < -0.3 is 10.1 Å². The average Bonchev–Trinajstić information content (AvgIpc) is 2.76. The summed E-state index contributed by atoms with van der Waals surface area (Å²) >= 11 is 5.10. The van der Waals surface area contributed by atoms with Gasteiger partial charge in [-0.15, -0.1) is 0 Å². The largest absolute Gasteiger partial charge is 0.494 e. The summed E-state index contributed by atoms with van der Waals surface area (Å²) in [4.78, 5) is 12.2. The zero-order chi connectivity index (χ0) is 23.1. The summed E-state index contributed by atoms with van der Waals surface area (Å²) in [5.41, 5.74) is 1.13. The molecule has 3 N–H and O–H groups in total. The van der Waals surface area contributed by atoms with Crippen LogP contribution in [0.2, 0.25) is 0 Å². The first-order valence-corrected chi connectivity index (χ1v) is 11.4. The van der Waals surface area contributed by atoms with E-state index in [9.17, 15) is 17.6 Å². The second-order valence-corrected chi connectivity index (χ2v) is 8.59. The van der Waals surface area contributed by atoms with Crippen molar-refractivity contribution in [3.05, 3.63) is 84.2 Å². The highest BCUT2D eigenvalue weighted by Crippen LogP contribution is 2.21. The van der Waals surface area contributed by atoms with E-state index in [4.69, 9.17) is 17.0 Å². The number of nitrogens with one attached hydrogen (secondary N) is 3. The number of halogens is 1. The van der Waals surface area contributed by atoms with Crippen LogP contribution in [0, 0.1) is 5.82 Å². The van der Waals surface area contributed by atoms with Crippen LogP contribution in [0.25, 0.3) is 0 Å². The van der Waals surface area contributed by atoms with Crippen LogP contribution in [0.5, 0.6) is 5.75 Å². The molecule has 0 atom stereocenters. The Hall–Kier alpha value is -3.50. The van der Waals surface area contributed by atoms with Crippen LogP contribution in [0.1, 0.15) is 17.3 Å². The lowest BCUT2D eigenvalue weighted by Gasteiger charge is -2.12. The number of amides is 1. The maximum atomic E-state index is 13.0. The van der Waals surface area contributed by atoms with Crippen LogP contribution in [-0.2, 0) is 10.0 Å². The SMILES string of the molecule is CCOc1ccc(NS(=O)(=O)c2ccc(NC(=S)NC(=O)c3ccc(F)cc3)cc2)cc1. The molecule has 7 nitrogen and oxygen atoms in total. The minimum absolute atomic E-state index is 0.0162. The maximum Gasteiger partial charge on any atom is 0.261 e. The molecule has 0 saturated heterocycles. The summed E-state index contributed by atoms with van der Waals surface area (Å²) in [5.74, 6) is -0.302. The Morgan fingerprint density at radius 3 is 2.12 bits per heavy atom. The van der Waals surface area contributed by atoms with Crippen molar-refractivity contribution in [2.45, 2.75) is 11.8 Å². The molecule has 0 fully saturated rings. The van der Waals surface area contributed by atoms with Gasteiger partial charge in [0.1, 0.15) is 11.6 Å². The smallest absolute Gasteiger partial charge is 0.261 e. The molecule has 32 heavy (non-hydrogen) atoms. The number of ether oxygens (including phenoxy) is 1. The molecule has 3 rings (SSSR count). The summed E-state index contributed by atoms with van der Waals surface area (Å²) in [5, 5.41) is 5.29. The quantitative estimate of drug-likeness (QED) is 0.446. The highest BCUT2D eigenvalue weighted by molar-refractivity contribution is 7.92. The number of hydrogen-bond donors (Lipinski definition) is 3. The summed E-state index contributed by atoms with van der Waals surface area (Å²) < 4.78 is 46.0. The summed E-state index contributed by atoms with van der Waals surface area (Å²) in [6, 6.07) is 17.4. The van der Waals surface area contributed by atoms with E-state index in [0.29, 0.717) is 23.7 Å². The van der Waals surface area contributed by atoms with E-state index in [-0.39, 0.29) is 15.6 Å². The predicted molar refractivity (Wildman–Crippen MR) is 125 cm³/mol. The molecule has 0 aliphatic carbocycles. The van der Waals surface area contributed by atoms with E-state index in [0.717, 1.165) is 0 Å². The molecule has 166 valence electrons. The third-order valence-electron chi connectivity index (χ3n) is 4.17. The zero-order valence-corrected chi connectivity index (χ0v) is 18.6. The van der Waals surface area contributed by atoms with Gasteiger partial charge >= 0.3 is 0 Å². The van der Waals surface area contributed by atoms with E-state index >= 15 is 0 Å². The highest BCUT2D eigenvalue weighted by Gasteiger charge is 2.15. The Bertz CT molecular complexity index is 1200. The molecular formula is C22H20FN3O4S2. The molecule has 3 aromatic rings. The van der Waals surface area contributed by atoms with Gasteiger partial charge in [0.25, 0.3) is 15.9 Å². The van der Waals surface area contributed by atoms with Crippen molar-refractivity contribution in [3.63, 3.8) is 0 Å². The van der Waals surface area contributed by atoms with Crippen molar-refractivity contribution in [3.8, 4) is 5.75 Å². The molecule has 0 aliphatic rings. The van der Waals surface area contributed by atoms with Gasteiger partial charge in [-0.3, -0.25) is 14.8 Å². The van der Waals surface area contributed by atoms with Crippen molar-refractivity contribution < 1.29 is 22.3 Å². The second-order valence-electron chi connectivity index (χ2n) is 6.50. The van der Waals surface area contributed by atoms with Crippen LogP contribution in [-0.4, -0.2) is 26.0 Å². The molecule has 0 heterocycles. The first kappa shape index (κ1) is 23.2. The zero-order valence-electron chi connectivity index (χ0n) is 17.0. The van der Waals surface area contributed by atoms with Crippen molar-refractivity contribution in [2.24, 2.45) is 0 Å². The summed E-state index contributed by atoms with van der Waals surface area (Å²) in [7, 11) is -3.79. The molecular weight excluding hydrogens is 453 g/mol. The van der Waals surface area contributed by atoms with Gasteiger partial charge in [-0.25, -0.2) is 12.8 Å². The number of hydrogen-bond acceptors (Lipinski definition) is 5. The van der Waals surface area contributed by atoms with Gasteiger partial charge in [0.15, 0.2) is 5.11 Å². The van der Waals surface area contributed by atoms with E-state index in [1.165, 1.54) is 48.5 Å². The van der Waals surface area contributed by atoms with Gasteiger partial charge in [-0.1, -0.05) is 0 Å². The molecule has 10 heteroatoms. The molecule has 0 unspecified atom stereocenters. The maximum absolute atomic E-state index is 13.0. The molecule has 0 aromatic heterocycles. The number of thiocarbonyl (C=S) groups is 1. The van der Waals surface area contributed by atoms with Crippen LogP contribution >= 0.6 is 12.2 Å². The minimum Gasteiger partial charge on any atom is -0.494 e. The lowest BCUT2D eigenvalue weighted by Crippen LogP contribution is -2.34. The number of carbonyl (C=O) groups excluding carboxylic acids is 1. The molecule has 0 radical (unpaired) electrons. The van der Waals surface area contributed by atoms with Gasteiger partial charge in [-0.05, 0) is 91.9 Å². The van der Waals surface area contributed by atoms with E-state index in [1.807, 2.05) is 6.92 Å². The fraction of sp³-hybridized carbons (Fsp3) is 0.0909. The lowest BCUT2D eigenvalue weighted by atomic mass is 10.2. The van der Waals surface area contributed by atoms with E-state index in [1.54, 1.807) is 24.3 Å². The van der Waals surface area contributed by atoms with E-state index in [2.05, 4.69) is 15.4 Å². The third-order valence-corrected chi connectivity index (χ3v) is 5.77. The second kappa shape index (κ2) is 10.2.